The van der Waals surface area contributed by atoms with Crippen LogP contribution in [-0.4, -0.2) is 0 Å². The summed E-state index contributed by atoms with van der Waals surface area (Å²) in [7, 11) is 0. The third-order valence-corrected chi connectivity index (χ3v) is 6.12. The molecular weight excluding hydrogens is 300 g/mol. The molecule has 0 bridgehead atoms. The van der Waals surface area contributed by atoms with Crippen LogP contribution in [0, 0.1) is 13.8 Å². The fourth-order valence-corrected chi connectivity index (χ4v) is 4.81. The summed E-state index contributed by atoms with van der Waals surface area (Å²) >= 11 is 0. The Morgan fingerprint density at radius 3 is 2.64 bits per heavy atom. The molecule has 0 heterocycles. The summed E-state index contributed by atoms with van der Waals surface area (Å²) in [4.78, 5) is 0. The van der Waals surface area contributed by atoms with Crippen LogP contribution in [0.25, 0.3) is 17.2 Å². The van der Waals surface area contributed by atoms with Crippen LogP contribution >= 0.6 is 0 Å². The van der Waals surface area contributed by atoms with Crippen LogP contribution in [-0.2, 0) is 6.42 Å². The molecule has 0 amide bonds. The maximum atomic E-state index is 4.18. The third-order valence-electron chi connectivity index (χ3n) is 6.12. The van der Waals surface area contributed by atoms with Crippen molar-refractivity contribution in [1.29, 1.82) is 0 Å². The van der Waals surface area contributed by atoms with Crippen LogP contribution in [0.2, 0.25) is 0 Å². The van der Waals surface area contributed by atoms with Gasteiger partial charge >= 0.3 is 0 Å². The minimum absolute atomic E-state index is 0.491. The molecule has 4 rings (SSSR count). The van der Waals surface area contributed by atoms with Crippen LogP contribution in [0.4, 0.5) is 0 Å². The predicted molar refractivity (Wildman–Crippen MR) is 109 cm³/mol. The lowest BCUT2D eigenvalue weighted by Crippen LogP contribution is -2.09. The lowest BCUT2D eigenvalue weighted by Gasteiger charge is -2.26. The number of hydrogen-bond acceptors (Lipinski definition) is 0. The van der Waals surface area contributed by atoms with Gasteiger partial charge in [-0.2, -0.15) is 0 Å². The summed E-state index contributed by atoms with van der Waals surface area (Å²) in [6.07, 6.45) is 12.2. The van der Waals surface area contributed by atoms with Gasteiger partial charge in [-0.25, -0.2) is 0 Å². The van der Waals surface area contributed by atoms with Crippen molar-refractivity contribution in [1.82, 2.24) is 0 Å². The first-order valence-corrected chi connectivity index (χ1v) is 9.39. The van der Waals surface area contributed by atoms with Crippen molar-refractivity contribution < 1.29 is 0 Å². The van der Waals surface area contributed by atoms with E-state index in [2.05, 4.69) is 75.9 Å². The molecule has 2 aliphatic carbocycles. The minimum atomic E-state index is 0.491. The molecule has 0 spiro atoms. The van der Waals surface area contributed by atoms with Gasteiger partial charge < -0.3 is 0 Å². The Morgan fingerprint density at radius 1 is 1.16 bits per heavy atom. The molecule has 0 aromatic heterocycles. The van der Waals surface area contributed by atoms with Crippen LogP contribution in [0.5, 0.6) is 0 Å². The zero-order chi connectivity index (χ0) is 17.6. The van der Waals surface area contributed by atoms with Crippen molar-refractivity contribution >= 4 is 6.08 Å². The fourth-order valence-electron chi connectivity index (χ4n) is 4.81. The largest absolute Gasteiger partial charge is 0.0984 e. The van der Waals surface area contributed by atoms with Gasteiger partial charge in [0.05, 0.1) is 0 Å². The number of rotatable bonds is 4. The van der Waals surface area contributed by atoms with Gasteiger partial charge in [-0.15, -0.1) is 0 Å². The van der Waals surface area contributed by atoms with Crippen LogP contribution in [0.15, 0.2) is 54.6 Å². The molecule has 0 nitrogen and oxygen atoms in total. The van der Waals surface area contributed by atoms with E-state index in [1.54, 1.807) is 11.1 Å². The van der Waals surface area contributed by atoms with E-state index >= 15 is 0 Å². The van der Waals surface area contributed by atoms with Gasteiger partial charge in [0.15, 0.2) is 0 Å². The lowest BCUT2D eigenvalue weighted by molar-refractivity contribution is 0.737. The molecule has 2 aromatic carbocycles. The Morgan fingerprint density at radius 2 is 1.96 bits per heavy atom. The Labute approximate surface area is 151 Å². The van der Waals surface area contributed by atoms with Crippen LogP contribution < -0.4 is 0 Å². The quantitative estimate of drug-likeness (QED) is 0.489. The Kier molecular flexibility index (Phi) is 4.00. The Bertz CT molecular complexity index is 922. The van der Waals surface area contributed by atoms with Crippen molar-refractivity contribution in [3.63, 3.8) is 0 Å². The van der Waals surface area contributed by atoms with Crippen molar-refractivity contribution in [3.8, 4) is 11.1 Å². The average molecular weight is 326 g/mol. The molecular formula is C25H26. The number of fused-ring (bicyclic) bond motifs is 3. The molecule has 126 valence electrons. The highest BCUT2D eigenvalue weighted by atomic mass is 14.3. The normalized spacial score (nSPS) is 15.7. The van der Waals surface area contributed by atoms with Gasteiger partial charge in [0.2, 0.25) is 0 Å². The summed E-state index contributed by atoms with van der Waals surface area (Å²) in [5.74, 6) is 0.491. The van der Waals surface area contributed by atoms with Crippen molar-refractivity contribution in [3.05, 3.63) is 88.0 Å². The van der Waals surface area contributed by atoms with E-state index in [4.69, 9.17) is 0 Å². The number of benzene rings is 2. The average Bonchev–Trinajstić information content (AvgIpc) is 3.27. The van der Waals surface area contributed by atoms with Gasteiger partial charge in [-0.3, -0.25) is 0 Å². The maximum absolute atomic E-state index is 4.18. The number of allylic oxidation sites excluding steroid dienone is 4. The molecule has 2 aromatic rings. The summed E-state index contributed by atoms with van der Waals surface area (Å²) < 4.78 is 0. The second-order valence-electron chi connectivity index (χ2n) is 7.30. The molecule has 1 atom stereocenters. The molecule has 1 unspecified atom stereocenters. The smallest absolute Gasteiger partial charge is 0.00608 e. The molecule has 0 radical (unpaired) electrons. The summed E-state index contributed by atoms with van der Waals surface area (Å²) in [6, 6.07) is 8.92. The highest BCUT2D eigenvalue weighted by Gasteiger charge is 2.30. The van der Waals surface area contributed by atoms with Gasteiger partial charge in [0, 0.05) is 5.92 Å². The standard InChI is InChI=1S/C25H26/c1-5-20-16(3)17(4)24-22-14-10-9-13-19(22)15-23(24)25(20)21(6-2)18-11-7-8-12-18/h5,7-11,13-14,21H,1,6,12,15H2,2-4H3. The minimum Gasteiger partial charge on any atom is -0.0984 e. The second kappa shape index (κ2) is 6.19. The number of hydrogen-bond donors (Lipinski definition) is 0. The van der Waals surface area contributed by atoms with E-state index in [1.165, 1.54) is 38.9 Å². The van der Waals surface area contributed by atoms with E-state index in [-0.39, 0.29) is 0 Å². The van der Waals surface area contributed by atoms with E-state index in [1.807, 2.05) is 0 Å². The zero-order valence-corrected chi connectivity index (χ0v) is 15.5. The first kappa shape index (κ1) is 16.1. The van der Waals surface area contributed by atoms with E-state index < -0.39 is 0 Å². The highest BCUT2D eigenvalue weighted by molar-refractivity contribution is 5.85. The highest BCUT2D eigenvalue weighted by Crippen LogP contribution is 2.48. The molecule has 0 saturated heterocycles. The summed E-state index contributed by atoms with van der Waals surface area (Å²) in [5.41, 5.74) is 13.2. The lowest BCUT2D eigenvalue weighted by atomic mass is 9.78. The SMILES string of the molecule is C=Cc1c(C)c(C)c2c(c1C(CC)C1=CC=CC1)Cc1ccccc1-2. The summed E-state index contributed by atoms with van der Waals surface area (Å²) in [5, 5.41) is 0. The van der Waals surface area contributed by atoms with Gasteiger partial charge in [-0.1, -0.05) is 67.6 Å². The molecule has 25 heavy (non-hydrogen) atoms. The Hall–Kier alpha value is -2.34. The second-order valence-corrected chi connectivity index (χ2v) is 7.30. The van der Waals surface area contributed by atoms with Crippen LogP contribution in [0.3, 0.4) is 0 Å². The summed E-state index contributed by atoms with van der Waals surface area (Å²) in [6.45, 7) is 11.0. The monoisotopic (exact) mass is 326 g/mol. The first-order valence-electron chi connectivity index (χ1n) is 9.39. The maximum Gasteiger partial charge on any atom is 0.00608 e. The third kappa shape index (κ3) is 2.35. The van der Waals surface area contributed by atoms with E-state index in [0.29, 0.717) is 5.92 Å². The van der Waals surface area contributed by atoms with Gasteiger partial charge in [-0.05, 0) is 77.6 Å². The molecule has 0 N–H and O–H groups in total. The molecule has 0 saturated carbocycles. The van der Waals surface area contributed by atoms with Crippen LogP contribution in [0.1, 0.15) is 59.1 Å². The van der Waals surface area contributed by atoms with Gasteiger partial charge in [0.1, 0.15) is 0 Å². The molecule has 0 heteroatoms. The predicted octanol–water partition coefficient (Wildman–Crippen LogP) is 6.90. The first-order chi connectivity index (χ1) is 12.2. The zero-order valence-electron chi connectivity index (χ0n) is 15.5. The Balaban J connectivity index is 2.02. The van der Waals surface area contributed by atoms with E-state index in [0.717, 1.165) is 19.3 Å². The molecule has 0 fully saturated rings. The van der Waals surface area contributed by atoms with Crippen molar-refractivity contribution in [2.45, 2.75) is 46.0 Å². The van der Waals surface area contributed by atoms with Crippen molar-refractivity contribution in [2.24, 2.45) is 0 Å². The van der Waals surface area contributed by atoms with E-state index in [9.17, 15) is 0 Å². The molecule has 0 aliphatic heterocycles. The topological polar surface area (TPSA) is 0 Å². The van der Waals surface area contributed by atoms with Gasteiger partial charge in [0.25, 0.3) is 0 Å². The molecule has 2 aliphatic rings. The fraction of sp³-hybridized carbons (Fsp3) is 0.280. The van der Waals surface area contributed by atoms with Crippen molar-refractivity contribution in [2.75, 3.05) is 0 Å².